The van der Waals surface area contributed by atoms with Gasteiger partial charge in [0.05, 0.1) is 17.1 Å². The minimum atomic E-state index is -3.32. The van der Waals surface area contributed by atoms with Crippen LogP contribution in [0.2, 0.25) is 0 Å². The highest BCUT2D eigenvalue weighted by Gasteiger charge is 2.36. The van der Waals surface area contributed by atoms with E-state index in [2.05, 4.69) is 0 Å². The van der Waals surface area contributed by atoms with E-state index < -0.39 is 27.0 Å². The summed E-state index contributed by atoms with van der Waals surface area (Å²) in [5.41, 5.74) is 0.893. The molecule has 1 aromatic carbocycles. The van der Waals surface area contributed by atoms with Crippen LogP contribution in [0.5, 0.6) is 0 Å². The summed E-state index contributed by atoms with van der Waals surface area (Å²) in [6.07, 6.45) is 0.517. The number of hydrogen-bond acceptors (Lipinski definition) is 3. The van der Waals surface area contributed by atoms with E-state index in [0.717, 1.165) is 12.0 Å². The molecule has 0 aromatic heterocycles. The summed E-state index contributed by atoms with van der Waals surface area (Å²) in [5, 5.41) is 9.29. The average Bonchev–Trinajstić information content (AvgIpc) is 2.31. The first-order chi connectivity index (χ1) is 8.42. The zero-order chi connectivity index (χ0) is 13.3. The van der Waals surface area contributed by atoms with Crippen LogP contribution in [0.1, 0.15) is 36.5 Å². The number of aliphatic hydroxyl groups excluding tert-OH is 1. The smallest absolute Gasteiger partial charge is 0.156 e. The lowest BCUT2D eigenvalue weighted by Crippen LogP contribution is -2.34. The lowest BCUT2D eigenvalue weighted by molar-refractivity contribution is 0.160. The first kappa shape index (κ1) is 13.5. The fourth-order valence-corrected chi connectivity index (χ4v) is 4.40. The molecule has 100 valence electrons. The highest BCUT2D eigenvalue weighted by molar-refractivity contribution is 7.92. The van der Waals surface area contributed by atoms with Crippen LogP contribution < -0.4 is 0 Å². The van der Waals surface area contributed by atoms with Crippen molar-refractivity contribution < 1.29 is 17.9 Å². The van der Waals surface area contributed by atoms with E-state index in [9.17, 15) is 17.9 Å². The van der Waals surface area contributed by atoms with E-state index in [-0.39, 0.29) is 11.3 Å². The van der Waals surface area contributed by atoms with Gasteiger partial charge in [-0.2, -0.15) is 0 Å². The molecular weight excluding hydrogens is 255 g/mol. The summed E-state index contributed by atoms with van der Waals surface area (Å²) >= 11 is 0. The number of aryl methyl sites for hydroxylation is 1. The van der Waals surface area contributed by atoms with E-state index in [1.54, 1.807) is 13.0 Å². The minimum absolute atomic E-state index is 0.0855. The van der Waals surface area contributed by atoms with Crippen molar-refractivity contribution in [2.45, 2.75) is 37.5 Å². The first-order valence-electron chi connectivity index (χ1n) is 6.07. The van der Waals surface area contributed by atoms with E-state index >= 15 is 0 Å². The van der Waals surface area contributed by atoms with Crippen LogP contribution in [0.3, 0.4) is 0 Å². The normalized spacial score (nSPS) is 24.7. The van der Waals surface area contributed by atoms with Gasteiger partial charge in [-0.25, -0.2) is 12.8 Å². The van der Waals surface area contributed by atoms with Crippen LogP contribution in [0.15, 0.2) is 18.2 Å². The summed E-state index contributed by atoms with van der Waals surface area (Å²) in [7, 11) is -3.32. The number of hydrogen-bond donors (Lipinski definition) is 1. The Morgan fingerprint density at radius 1 is 1.39 bits per heavy atom. The second-order valence-corrected chi connectivity index (χ2v) is 7.21. The van der Waals surface area contributed by atoms with Crippen molar-refractivity contribution in [1.29, 1.82) is 0 Å². The molecule has 0 spiro atoms. The first-order valence-corrected chi connectivity index (χ1v) is 7.79. The van der Waals surface area contributed by atoms with E-state index in [0.29, 0.717) is 12.8 Å². The van der Waals surface area contributed by atoms with Gasteiger partial charge in [0.1, 0.15) is 5.82 Å². The molecule has 1 aliphatic rings. The Balaban J connectivity index is 2.35. The highest BCUT2D eigenvalue weighted by Crippen LogP contribution is 2.32. The van der Waals surface area contributed by atoms with Gasteiger partial charge >= 0.3 is 0 Å². The lowest BCUT2D eigenvalue weighted by Gasteiger charge is -2.27. The zero-order valence-corrected chi connectivity index (χ0v) is 11.1. The quantitative estimate of drug-likeness (QED) is 0.897. The van der Waals surface area contributed by atoms with Crippen molar-refractivity contribution in [2.24, 2.45) is 0 Å². The average molecular weight is 272 g/mol. The molecule has 1 heterocycles. The summed E-state index contributed by atoms with van der Waals surface area (Å²) in [6.45, 7) is 1.78. The molecule has 1 aliphatic heterocycles. The third kappa shape index (κ3) is 2.57. The number of rotatable bonds is 2. The van der Waals surface area contributed by atoms with E-state index in [4.69, 9.17) is 0 Å². The molecule has 18 heavy (non-hydrogen) atoms. The van der Waals surface area contributed by atoms with Crippen molar-refractivity contribution in [3.05, 3.63) is 35.1 Å². The van der Waals surface area contributed by atoms with Gasteiger partial charge in [-0.1, -0.05) is 24.1 Å². The SMILES string of the molecule is Cc1ccc(F)c(C(O)C2CCCCS2(=O)=O)c1. The van der Waals surface area contributed by atoms with Gasteiger partial charge < -0.3 is 5.11 Å². The Bertz CT molecular complexity index is 539. The molecule has 3 nitrogen and oxygen atoms in total. The topological polar surface area (TPSA) is 54.4 Å². The monoisotopic (exact) mass is 272 g/mol. The lowest BCUT2D eigenvalue weighted by atomic mass is 10.00. The van der Waals surface area contributed by atoms with E-state index in [1.807, 2.05) is 0 Å². The predicted octanol–water partition coefficient (Wildman–Crippen LogP) is 2.13. The fraction of sp³-hybridized carbons (Fsp3) is 0.538. The molecule has 2 rings (SSSR count). The Morgan fingerprint density at radius 3 is 2.78 bits per heavy atom. The molecule has 0 bridgehead atoms. The minimum Gasteiger partial charge on any atom is -0.387 e. The summed E-state index contributed by atoms with van der Waals surface area (Å²) < 4.78 is 37.5. The fourth-order valence-electron chi connectivity index (χ4n) is 2.42. The Kier molecular flexibility index (Phi) is 3.73. The summed E-state index contributed by atoms with van der Waals surface area (Å²) in [5.74, 6) is -0.462. The number of halogens is 1. The van der Waals surface area contributed by atoms with Gasteiger partial charge in [0.15, 0.2) is 9.84 Å². The Morgan fingerprint density at radius 2 is 2.11 bits per heavy atom. The maximum atomic E-state index is 13.7. The highest BCUT2D eigenvalue weighted by atomic mass is 32.2. The predicted molar refractivity (Wildman–Crippen MR) is 67.5 cm³/mol. The number of aliphatic hydroxyl groups is 1. The third-order valence-electron chi connectivity index (χ3n) is 3.45. The molecular formula is C13H17FO3S. The second kappa shape index (κ2) is 4.97. The van der Waals surface area contributed by atoms with Gasteiger partial charge in [0.25, 0.3) is 0 Å². The molecule has 1 aromatic rings. The summed E-state index contributed by atoms with van der Waals surface area (Å²) in [4.78, 5) is 0. The molecule has 1 N–H and O–H groups in total. The van der Waals surface area contributed by atoms with E-state index in [1.165, 1.54) is 12.1 Å². The van der Waals surface area contributed by atoms with Gasteiger partial charge in [-0.05, 0) is 25.8 Å². The third-order valence-corrected chi connectivity index (χ3v) is 5.72. The van der Waals surface area contributed by atoms with Crippen molar-refractivity contribution in [3.63, 3.8) is 0 Å². The second-order valence-electron chi connectivity index (χ2n) is 4.87. The van der Waals surface area contributed by atoms with Crippen molar-refractivity contribution in [2.75, 3.05) is 5.75 Å². The van der Waals surface area contributed by atoms with Gasteiger partial charge in [-0.15, -0.1) is 0 Å². The molecule has 0 radical (unpaired) electrons. The van der Waals surface area contributed by atoms with Crippen LogP contribution >= 0.6 is 0 Å². The molecule has 1 saturated heterocycles. The summed E-state index contributed by atoms with van der Waals surface area (Å²) in [6, 6.07) is 4.38. The largest absolute Gasteiger partial charge is 0.387 e. The maximum Gasteiger partial charge on any atom is 0.156 e. The molecule has 0 aliphatic carbocycles. The molecule has 2 unspecified atom stereocenters. The number of sulfone groups is 1. The Hall–Kier alpha value is -0.940. The van der Waals surface area contributed by atoms with Crippen molar-refractivity contribution in [1.82, 2.24) is 0 Å². The van der Waals surface area contributed by atoms with Gasteiger partial charge in [-0.3, -0.25) is 0 Å². The maximum absolute atomic E-state index is 13.7. The van der Waals surface area contributed by atoms with Crippen LogP contribution in [-0.2, 0) is 9.84 Å². The van der Waals surface area contributed by atoms with Crippen LogP contribution in [0.4, 0.5) is 4.39 Å². The van der Waals surface area contributed by atoms with Gasteiger partial charge in [0.2, 0.25) is 0 Å². The van der Waals surface area contributed by atoms with Gasteiger partial charge in [0, 0.05) is 5.56 Å². The molecule has 2 atom stereocenters. The molecule has 0 saturated carbocycles. The molecule has 0 amide bonds. The van der Waals surface area contributed by atoms with Crippen molar-refractivity contribution >= 4 is 9.84 Å². The number of benzene rings is 1. The molecule has 1 fully saturated rings. The van der Waals surface area contributed by atoms with Crippen molar-refractivity contribution in [3.8, 4) is 0 Å². The Labute approximate surface area is 107 Å². The van der Waals surface area contributed by atoms with Crippen LogP contribution in [-0.4, -0.2) is 24.5 Å². The van der Waals surface area contributed by atoms with Crippen LogP contribution in [0, 0.1) is 12.7 Å². The van der Waals surface area contributed by atoms with Crippen LogP contribution in [0.25, 0.3) is 0 Å². The zero-order valence-electron chi connectivity index (χ0n) is 10.3. The molecule has 5 heteroatoms. The standard InChI is InChI=1S/C13H17FO3S/c1-9-5-6-11(14)10(8-9)13(15)12-4-2-3-7-18(12,16)17/h5-6,8,12-13,15H,2-4,7H2,1H3.